The zero-order valence-electron chi connectivity index (χ0n) is 20.3. The van der Waals surface area contributed by atoms with E-state index in [1.165, 1.54) is 30.3 Å². The van der Waals surface area contributed by atoms with Crippen LogP contribution in [0, 0.1) is 5.82 Å². The summed E-state index contributed by atoms with van der Waals surface area (Å²) >= 11 is 12.2. The van der Waals surface area contributed by atoms with E-state index in [0.29, 0.717) is 16.3 Å². The molecule has 1 aliphatic heterocycles. The molecule has 0 radical (unpaired) electrons. The number of halogens is 3. The summed E-state index contributed by atoms with van der Waals surface area (Å²) in [5.41, 5.74) is 1.27. The van der Waals surface area contributed by atoms with Gasteiger partial charge in [0.15, 0.2) is 28.8 Å². The molecule has 0 saturated heterocycles. The van der Waals surface area contributed by atoms with Crippen molar-refractivity contribution in [2.45, 2.75) is 25.9 Å². The number of aromatic nitrogens is 4. The molecule has 12 heteroatoms. The third-order valence-corrected chi connectivity index (χ3v) is 6.70. The first-order chi connectivity index (χ1) is 18.1. The number of aromatic carboxylic acids is 1. The fraction of sp³-hybridized carbons (Fsp3) is 0.192. The Bertz CT molecular complexity index is 1590. The molecule has 0 spiro atoms. The summed E-state index contributed by atoms with van der Waals surface area (Å²) in [6.07, 6.45) is 1.24. The van der Waals surface area contributed by atoms with Gasteiger partial charge in [-0.15, -0.1) is 0 Å². The predicted molar refractivity (Wildman–Crippen MR) is 139 cm³/mol. The van der Waals surface area contributed by atoms with Gasteiger partial charge in [-0.2, -0.15) is 0 Å². The van der Waals surface area contributed by atoms with Crippen LogP contribution in [0.2, 0.25) is 10.0 Å². The first-order valence-corrected chi connectivity index (χ1v) is 12.2. The van der Waals surface area contributed by atoms with Gasteiger partial charge in [0.25, 0.3) is 5.91 Å². The summed E-state index contributed by atoms with van der Waals surface area (Å²) in [5.74, 6) is -2.71. The number of fused-ring (bicyclic) bond motifs is 1. The predicted octanol–water partition coefficient (Wildman–Crippen LogP) is 5.82. The lowest BCUT2D eigenvalue weighted by Gasteiger charge is -2.29. The van der Waals surface area contributed by atoms with Crippen LogP contribution in [0.4, 0.5) is 10.1 Å². The summed E-state index contributed by atoms with van der Waals surface area (Å²) in [5, 5.41) is 9.83. The Kier molecular flexibility index (Phi) is 6.54. The van der Waals surface area contributed by atoms with Crippen LogP contribution in [0.25, 0.3) is 11.5 Å². The number of imidazole rings is 1. The summed E-state index contributed by atoms with van der Waals surface area (Å²) in [6, 6.07) is 10.2. The number of hydrogen-bond acceptors (Lipinski definition) is 6. The molecule has 1 aliphatic rings. The lowest BCUT2D eigenvalue weighted by Crippen LogP contribution is -2.31. The summed E-state index contributed by atoms with van der Waals surface area (Å²) in [6.45, 7) is 3.76. The number of amides is 1. The number of rotatable bonds is 6. The second-order valence-corrected chi connectivity index (χ2v) is 9.59. The van der Waals surface area contributed by atoms with Gasteiger partial charge in [-0.1, -0.05) is 41.4 Å². The SMILES string of the molecule is COc1cnc(C(=O)O)nc1-c1nc2c(n1C(C)C)C(c1ccc(Cl)cc1)N(c1cccc(Cl)c1F)C2=O. The van der Waals surface area contributed by atoms with Crippen LogP contribution >= 0.6 is 23.2 Å². The summed E-state index contributed by atoms with van der Waals surface area (Å²) < 4.78 is 22.4. The van der Waals surface area contributed by atoms with E-state index in [9.17, 15) is 14.7 Å². The van der Waals surface area contributed by atoms with Crippen LogP contribution in [0.5, 0.6) is 5.75 Å². The number of methoxy groups -OCH3 is 1. The van der Waals surface area contributed by atoms with Crippen molar-refractivity contribution in [3.8, 4) is 17.3 Å². The molecule has 194 valence electrons. The van der Waals surface area contributed by atoms with Gasteiger partial charge in [0.2, 0.25) is 5.82 Å². The molecule has 0 saturated carbocycles. The molecule has 4 aromatic rings. The Morgan fingerprint density at radius 1 is 1.11 bits per heavy atom. The van der Waals surface area contributed by atoms with Gasteiger partial charge >= 0.3 is 5.97 Å². The fourth-order valence-electron chi connectivity index (χ4n) is 4.57. The smallest absolute Gasteiger partial charge is 0.373 e. The highest BCUT2D eigenvalue weighted by atomic mass is 35.5. The molecule has 2 aromatic carbocycles. The summed E-state index contributed by atoms with van der Waals surface area (Å²) in [7, 11) is 1.39. The molecule has 1 amide bonds. The third-order valence-electron chi connectivity index (χ3n) is 6.16. The molecular formula is C26H20Cl2FN5O4. The summed E-state index contributed by atoms with van der Waals surface area (Å²) in [4.78, 5) is 39.4. The van der Waals surface area contributed by atoms with Crippen molar-refractivity contribution in [2.75, 3.05) is 12.0 Å². The second kappa shape index (κ2) is 9.70. The standard InChI is InChI=1S/C26H20Cl2FN5O4/c1-12(2)33-22-20(32-24(33)19-17(38-3)11-30-23(31-19)26(36)37)25(35)34(16-6-4-5-15(28)18(16)29)21(22)13-7-9-14(27)10-8-13/h4-12,21H,1-3H3,(H,36,37). The molecule has 38 heavy (non-hydrogen) atoms. The zero-order valence-corrected chi connectivity index (χ0v) is 21.8. The molecule has 2 aromatic heterocycles. The number of benzene rings is 2. The van der Waals surface area contributed by atoms with Crippen LogP contribution in [0.15, 0.2) is 48.7 Å². The quantitative estimate of drug-likeness (QED) is 0.319. The van der Waals surface area contributed by atoms with E-state index in [-0.39, 0.29) is 39.7 Å². The molecule has 0 bridgehead atoms. The number of ether oxygens (including phenoxy) is 1. The molecule has 3 heterocycles. The van der Waals surface area contributed by atoms with E-state index in [2.05, 4.69) is 15.0 Å². The van der Waals surface area contributed by atoms with Crippen LogP contribution in [0.3, 0.4) is 0 Å². The van der Waals surface area contributed by atoms with Gasteiger partial charge in [-0.25, -0.2) is 24.1 Å². The van der Waals surface area contributed by atoms with E-state index < -0.39 is 29.6 Å². The van der Waals surface area contributed by atoms with Crippen LogP contribution in [-0.2, 0) is 0 Å². The van der Waals surface area contributed by atoms with Crippen molar-refractivity contribution in [3.63, 3.8) is 0 Å². The minimum Gasteiger partial charge on any atom is -0.493 e. The van der Waals surface area contributed by atoms with Crippen LogP contribution in [0.1, 0.15) is 58.3 Å². The van der Waals surface area contributed by atoms with Crippen molar-refractivity contribution < 1.29 is 23.8 Å². The number of carboxylic acids is 1. The van der Waals surface area contributed by atoms with Crippen LogP contribution < -0.4 is 9.64 Å². The maximum absolute atomic E-state index is 15.3. The first kappa shape index (κ1) is 25.6. The average Bonchev–Trinajstić information content (AvgIpc) is 3.41. The highest BCUT2D eigenvalue weighted by Crippen LogP contribution is 2.46. The number of anilines is 1. The monoisotopic (exact) mass is 555 g/mol. The highest BCUT2D eigenvalue weighted by Gasteiger charge is 2.46. The van der Waals surface area contributed by atoms with Crippen molar-refractivity contribution in [1.82, 2.24) is 19.5 Å². The lowest BCUT2D eigenvalue weighted by atomic mass is 10.0. The van der Waals surface area contributed by atoms with Gasteiger partial charge in [0, 0.05) is 11.1 Å². The Balaban J connectivity index is 1.81. The average molecular weight is 556 g/mol. The third kappa shape index (κ3) is 4.06. The van der Waals surface area contributed by atoms with E-state index in [1.807, 2.05) is 13.8 Å². The topological polar surface area (TPSA) is 110 Å². The van der Waals surface area contributed by atoms with Crippen molar-refractivity contribution in [3.05, 3.63) is 87.3 Å². The van der Waals surface area contributed by atoms with Crippen molar-refractivity contribution >= 4 is 40.8 Å². The largest absolute Gasteiger partial charge is 0.493 e. The Morgan fingerprint density at radius 3 is 2.45 bits per heavy atom. The minimum absolute atomic E-state index is 0.00918. The molecule has 1 unspecified atom stereocenters. The van der Waals surface area contributed by atoms with Crippen molar-refractivity contribution in [2.24, 2.45) is 0 Å². The number of carboxylic acid groups (broad SMARTS) is 1. The Labute approximate surface area is 226 Å². The van der Waals surface area contributed by atoms with E-state index in [0.717, 1.165) is 0 Å². The van der Waals surface area contributed by atoms with Crippen LogP contribution in [-0.4, -0.2) is 43.6 Å². The van der Waals surface area contributed by atoms with E-state index in [1.54, 1.807) is 34.9 Å². The van der Waals surface area contributed by atoms with Gasteiger partial charge in [-0.05, 0) is 43.7 Å². The lowest BCUT2D eigenvalue weighted by molar-refractivity contribution is 0.0683. The molecule has 1 N–H and O–H groups in total. The van der Waals surface area contributed by atoms with E-state index in [4.69, 9.17) is 27.9 Å². The second-order valence-electron chi connectivity index (χ2n) is 8.75. The van der Waals surface area contributed by atoms with Gasteiger partial charge in [-0.3, -0.25) is 9.69 Å². The Morgan fingerprint density at radius 2 is 1.82 bits per heavy atom. The molecule has 1 atom stereocenters. The highest BCUT2D eigenvalue weighted by molar-refractivity contribution is 6.31. The molecule has 9 nitrogen and oxygen atoms in total. The number of nitrogens with zero attached hydrogens (tertiary/aromatic N) is 5. The first-order valence-electron chi connectivity index (χ1n) is 11.4. The van der Waals surface area contributed by atoms with Gasteiger partial charge in [0.05, 0.1) is 29.7 Å². The maximum Gasteiger partial charge on any atom is 0.373 e. The molecule has 0 fully saturated rings. The maximum atomic E-state index is 15.3. The Hall–Kier alpha value is -4.02. The number of carbonyl (C=O) groups is 2. The van der Waals surface area contributed by atoms with Crippen molar-refractivity contribution in [1.29, 1.82) is 0 Å². The van der Waals surface area contributed by atoms with E-state index >= 15 is 4.39 Å². The van der Waals surface area contributed by atoms with Gasteiger partial charge in [0.1, 0.15) is 6.04 Å². The minimum atomic E-state index is -1.33. The molecule has 0 aliphatic carbocycles. The fourth-order valence-corrected chi connectivity index (χ4v) is 4.87. The zero-order chi connectivity index (χ0) is 27.3. The normalized spacial score (nSPS) is 14.8. The van der Waals surface area contributed by atoms with Gasteiger partial charge < -0.3 is 14.4 Å². The number of carbonyl (C=O) groups excluding carboxylic acids is 1. The molecule has 5 rings (SSSR count). The molecular weight excluding hydrogens is 536 g/mol. The number of hydrogen-bond donors (Lipinski definition) is 1.